The van der Waals surface area contributed by atoms with E-state index >= 15 is 0 Å². The lowest BCUT2D eigenvalue weighted by molar-refractivity contribution is -0.114. The third-order valence-corrected chi connectivity index (χ3v) is 4.51. The van der Waals surface area contributed by atoms with E-state index in [1.54, 1.807) is 42.5 Å². The first kappa shape index (κ1) is 21.9. The number of carbonyl (C=O) groups is 2. The number of amides is 2. The quantitative estimate of drug-likeness (QED) is 0.403. The molecule has 0 saturated heterocycles. The molecule has 0 atom stereocenters. The fourth-order valence-electron chi connectivity index (χ4n) is 2.87. The average Bonchev–Trinajstić information content (AvgIpc) is 2.80. The maximum atomic E-state index is 12.3. The van der Waals surface area contributed by atoms with E-state index in [1.807, 2.05) is 36.4 Å². The number of unbranched alkanes of at least 4 members (excludes halogenated alkanes) is 1. The second kappa shape index (κ2) is 11.4. The zero-order chi connectivity index (χ0) is 21.9. The minimum absolute atomic E-state index is 0.0865. The van der Waals surface area contributed by atoms with Crippen LogP contribution < -0.4 is 20.7 Å². The maximum absolute atomic E-state index is 12.3. The third kappa shape index (κ3) is 7.19. The van der Waals surface area contributed by atoms with Crippen LogP contribution in [0.2, 0.25) is 0 Å². The van der Waals surface area contributed by atoms with E-state index in [0.717, 1.165) is 18.6 Å². The molecule has 3 aromatic rings. The molecule has 31 heavy (non-hydrogen) atoms. The third-order valence-electron chi connectivity index (χ3n) is 4.51. The van der Waals surface area contributed by atoms with Crippen LogP contribution >= 0.6 is 0 Å². The molecule has 6 heteroatoms. The Labute approximate surface area is 182 Å². The number of anilines is 2. The molecule has 0 bridgehead atoms. The first-order valence-corrected chi connectivity index (χ1v) is 10.4. The van der Waals surface area contributed by atoms with Gasteiger partial charge in [-0.3, -0.25) is 9.59 Å². The maximum Gasteiger partial charge on any atom is 0.251 e. The van der Waals surface area contributed by atoms with Crippen LogP contribution in [0.3, 0.4) is 0 Å². The van der Waals surface area contributed by atoms with Crippen LogP contribution in [0.1, 0.15) is 30.1 Å². The summed E-state index contributed by atoms with van der Waals surface area (Å²) in [5.74, 6) is 1.15. The molecule has 0 saturated carbocycles. The second-order valence-electron chi connectivity index (χ2n) is 7.03. The second-order valence-corrected chi connectivity index (χ2v) is 7.03. The van der Waals surface area contributed by atoms with Crippen molar-refractivity contribution in [2.45, 2.75) is 19.8 Å². The summed E-state index contributed by atoms with van der Waals surface area (Å²) >= 11 is 0. The highest BCUT2D eigenvalue weighted by atomic mass is 16.5. The van der Waals surface area contributed by atoms with Gasteiger partial charge in [-0.25, -0.2) is 0 Å². The smallest absolute Gasteiger partial charge is 0.251 e. The number of hydrogen-bond donors (Lipinski definition) is 3. The number of para-hydroxylation sites is 1. The van der Waals surface area contributed by atoms with Crippen molar-refractivity contribution in [3.05, 3.63) is 84.4 Å². The summed E-state index contributed by atoms with van der Waals surface area (Å²) in [5.41, 5.74) is 1.96. The predicted octanol–water partition coefficient (Wildman–Crippen LogP) is 5.06. The van der Waals surface area contributed by atoms with E-state index < -0.39 is 0 Å². The standard InChI is InChI=1S/C25H27N3O3/c1-2-3-16-26-25(30)19-8-7-9-21(17-19)27-18-24(29)28-20-12-14-23(15-13-20)31-22-10-5-4-6-11-22/h4-15,17,27H,2-3,16,18H2,1H3,(H,26,30)(H,28,29). The predicted molar refractivity (Wildman–Crippen MR) is 124 cm³/mol. The van der Waals surface area contributed by atoms with Gasteiger partial charge >= 0.3 is 0 Å². The average molecular weight is 418 g/mol. The molecule has 3 aromatic carbocycles. The minimum Gasteiger partial charge on any atom is -0.457 e. The summed E-state index contributed by atoms with van der Waals surface area (Å²) in [6, 6.07) is 23.8. The van der Waals surface area contributed by atoms with Crippen molar-refractivity contribution >= 4 is 23.2 Å². The minimum atomic E-state index is -0.186. The Kier molecular flexibility index (Phi) is 8.05. The van der Waals surface area contributed by atoms with Crippen molar-refractivity contribution in [1.29, 1.82) is 0 Å². The lowest BCUT2D eigenvalue weighted by Crippen LogP contribution is -2.25. The molecule has 6 nitrogen and oxygen atoms in total. The molecule has 0 aliphatic heterocycles. The summed E-state index contributed by atoms with van der Waals surface area (Å²) < 4.78 is 5.75. The number of nitrogens with one attached hydrogen (secondary N) is 3. The molecule has 0 heterocycles. The van der Waals surface area contributed by atoms with Gasteiger partial charge in [-0.05, 0) is 61.0 Å². The molecule has 3 rings (SSSR count). The van der Waals surface area contributed by atoms with E-state index in [1.165, 1.54) is 0 Å². The van der Waals surface area contributed by atoms with Crippen LogP contribution in [0.15, 0.2) is 78.9 Å². The van der Waals surface area contributed by atoms with Crippen LogP contribution in [-0.4, -0.2) is 24.9 Å². The largest absolute Gasteiger partial charge is 0.457 e. The number of hydrogen-bond acceptors (Lipinski definition) is 4. The van der Waals surface area contributed by atoms with Crippen molar-refractivity contribution < 1.29 is 14.3 Å². The summed E-state index contributed by atoms with van der Waals surface area (Å²) in [7, 11) is 0. The summed E-state index contributed by atoms with van der Waals surface area (Å²) in [5, 5.41) is 8.78. The molecule has 0 fully saturated rings. The molecule has 0 aliphatic rings. The van der Waals surface area contributed by atoms with Gasteiger partial charge in [0.25, 0.3) is 5.91 Å². The van der Waals surface area contributed by atoms with Gasteiger partial charge < -0.3 is 20.7 Å². The molecule has 0 aliphatic carbocycles. The molecule has 160 valence electrons. The first-order valence-electron chi connectivity index (χ1n) is 10.4. The lowest BCUT2D eigenvalue weighted by atomic mass is 10.2. The van der Waals surface area contributed by atoms with Gasteiger partial charge in [-0.2, -0.15) is 0 Å². The number of rotatable bonds is 10. The number of carbonyl (C=O) groups excluding carboxylic acids is 2. The highest BCUT2D eigenvalue weighted by Crippen LogP contribution is 2.22. The normalized spacial score (nSPS) is 10.2. The summed E-state index contributed by atoms with van der Waals surface area (Å²) in [6.07, 6.45) is 1.98. The van der Waals surface area contributed by atoms with Crippen LogP contribution in [0, 0.1) is 0 Å². The monoisotopic (exact) mass is 417 g/mol. The van der Waals surface area contributed by atoms with Gasteiger partial charge in [0, 0.05) is 23.5 Å². The van der Waals surface area contributed by atoms with E-state index in [4.69, 9.17) is 4.74 Å². The molecule has 3 N–H and O–H groups in total. The molecule has 0 aromatic heterocycles. The van der Waals surface area contributed by atoms with Crippen molar-refractivity contribution in [3.63, 3.8) is 0 Å². The van der Waals surface area contributed by atoms with Crippen molar-refractivity contribution in [2.75, 3.05) is 23.7 Å². The van der Waals surface area contributed by atoms with Gasteiger partial charge in [-0.15, -0.1) is 0 Å². The molecule has 0 radical (unpaired) electrons. The highest BCUT2D eigenvalue weighted by molar-refractivity contribution is 5.96. The zero-order valence-corrected chi connectivity index (χ0v) is 17.6. The van der Waals surface area contributed by atoms with Crippen molar-refractivity contribution in [3.8, 4) is 11.5 Å². The Morgan fingerprint density at radius 2 is 1.58 bits per heavy atom. The highest BCUT2D eigenvalue weighted by Gasteiger charge is 2.07. The number of benzene rings is 3. The Bertz CT molecular complexity index is 988. The molecule has 2 amide bonds. The molecular weight excluding hydrogens is 390 g/mol. The van der Waals surface area contributed by atoms with Gasteiger partial charge in [-0.1, -0.05) is 37.6 Å². The fraction of sp³-hybridized carbons (Fsp3) is 0.200. The zero-order valence-electron chi connectivity index (χ0n) is 17.6. The van der Waals surface area contributed by atoms with Crippen molar-refractivity contribution in [2.24, 2.45) is 0 Å². The van der Waals surface area contributed by atoms with Gasteiger partial charge in [0.15, 0.2) is 0 Å². The SMILES string of the molecule is CCCCNC(=O)c1cccc(NCC(=O)Nc2ccc(Oc3ccccc3)cc2)c1. The topological polar surface area (TPSA) is 79.5 Å². The van der Waals surface area contributed by atoms with Gasteiger partial charge in [0.2, 0.25) is 5.91 Å². The van der Waals surface area contributed by atoms with Crippen LogP contribution in [0.25, 0.3) is 0 Å². The summed E-state index contributed by atoms with van der Waals surface area (Å²) in [6.45, 7) is 2.82. The molecular formula is C25H27N3O3. The Morgan fingerprint density at radius 1 is 0.839 bits per heavy atom. The van der Waals surface area contributed by atoms with Gasteiger partial charge in [0.05, 0.1) is 6.54 Å². The van der Waals surface area contributed by atoms with E-state index in [0.29, 0.717) is 29.2 Å². The first-order chi connectivity index (χ1) is 15.1. The van der Waals surface area contributed by atoms with E-state index in [-0.39, 0.29) is 18.4 Å². The summed E-state index contributed by atoms with van der Waals surface area (Å²) in [4.78, 5) is 24.4. The Morgan fingerprint density at radius 3 is 2.32 bits per heavy atom. The lowest BCUT2D eigenvalue weighted by Gasteiger charge is -2.10. The van der Waals surface area contributed by atoms with Crippen molar-refractivity contribution in [1.82, 2.24) is 5.32 Å². The van der Waals surface area contributed by atoms with Gasteiger partial charge in [0.1, 0.15) is 11.5 Å². The van der Waals surface area contributed by atoms with E-state index in [2.05, 4.69) is 22.9 Å². The molecule has 0 unspecified atom stereocenters. The van der Waals surface area contributed by atoms with Crippen LogP contribution in [0.5, 0.6) is 11.5 Å². The fourth-order valence-corrected chi connectivity index (χ4v) is 2.87. The Balaban J connectivity index is 1.48. The van der Waals surface area contributed by atoms with Crippen LogP contribution in [0.4, 0.5) is 11.4 Å². The number of ether oxygens (including phenoxy) is 1. The van der Waals surface area contributed by atoms with E-state index in [9.17, 15) is 9.59 Å². The molecule has 0 spiro atoms. The van der Waals surface area contributed by atoms with Crippen LogP contribution in [-0.2, 0) is 4.79 Å². The Hall–Kier alpha value is -3.80.